The lowest BCUT2D eigenvalue weighted by Gasteiger charge is -2.42. The maximum atomic E-state index is 6.09. The largest absolute Gasteiger partial charge is 0.493 e. The van der Waals surface area contributed by atoms with Crippen LogP contribution < -0.4 is 0 Å². The molecule has 0 amide bonds. The van der Waals surface area contributed by atoms with Gasteiger partial charge in [0.25, 0.3) is 0 Å². The second-order valence-electron chi connectivity index (χ2n) is 7.51. The van der Waals surface area contributed by atoms with Crippen molar-refractivity contribution >= 4 is 0 Å². The number of likely N-dealkylation sites (N-methyl/N-ethyl adjacent to an activating group) is 1. The Balaban J connectivity index is 2.27. The fraction of sp³-hybridized carbons (Fsp3) is 0.308. The molecule has 0 fully saturated rings. The number of benzene rings is 2. The third kappa shape index (κ3) is 3.51. The van der Waals surface area contributed by atoms with Gasteiger partial charge in [0.1, 0.15) is 11.3 Å². The molecule has 28 heavy (non-hydrogen) atoms. The maximum Gasteiger partial charge on any atom is 0.133 e. The Labute approximate surface area is 169 Å². The minimum Gasteiger partial charge on any atom is -0.493 e. The first-order valence-electron chi connectivity index (χ1n) is 9.91. The average molecular weight is 372 g/mol. The van der Waals surface area contributed by atoms with Crippen molar-refractivity contribution in [2.75, 3.05) is 20.7 Å². The van der Waals surface area contributed by atoms with Crippen molar-refractivity contribution in [2.24, 2.45) is 5.92 Å². The van der Waals surface area contributed by atoms with E-state index in [1.165, 1.54) is 11.1 Å². The summed E-state index contributed by atoms with van der Waals surface area (Å²) in [5.41, 5.74) is 4.11. The first-order valence-corrected chi connectivity index (χ1v) is 9.91. The van der Waals surface area contributed by atoms with Crippen LogP contribution in [0.3, 0.4) is 0 Å². The van der Waals surface area contributed by atoms with E-state index in [-0.39, 0.29) is 0 Å². The molecule has 3 rings (SSSR count). The minimum atomic E-state index is -0.429. The monoisotopic (exact) mass is 371 g/mol. The number of ether oxygens (including phenoxy) is 1. The molecular formula is C26H29NO. The van der Waals surface area contributed by atoms with Gasteiger partial charge in [-0.2, -0.15) is 0 Å². The number of rotatable bonds is 5. The van der Waals surface area contributed by atoms with E-state index in [4.69, 9.17) is 4.74 Å². The second-order valence-corrected chi connectivity index (χ2v) is 7.51. The molecule has 144 valence electrons. The molecule has 0 aliphatic heterocycles. The fourth-order valence-corrected chi connectivity index (χ4v) is 4.03. The summed E-state index contributed by atoms with van der Waals surface area (Å²) in [5.74, 6) is 8.10. The van der Waals surface area contributed by atoms with Gasteiger partial charge in [0.15, 0.2) is 0 Å². The molecule has 0 heterocycles. The van der Waals surface area contributed by atoms with Gasteiger partial charge in [-0.1, -0.05) is 74.2 Å². The van der Waals surface area contributed by atoms with Crippen molar-refractivity contribution in [2.45, 2.75) is 26.3 Å². The van der Waals surface area contributed by atoms with Crippen molar-refractivity contribution in [3.05, 3.63) is 94.8 Å². The van der Waals surface area contributed by atoms with Crippen molar-refractivity contribution in [3.8, 4) is 11.8 Å². The highest BCUT2D eigenvalue weighted by molar-refractivity contribution is 5.62. The molecule has 0 aromatic heterocycles. The SMILES string of the molecule is CCOC1=C(C#Cc2ccccc2)C(c2ccccc2)(N(C)C)C(C(C)C)=C1. The van der Waals surface area contributed by atoms with Crippen LogP contribution in [0.4, 0.5) is 0 Å². The lowest BCUT2D eigenvalue weighted by molar-refractivity contribution is 0.214. The summed E-state index contributed by atoms with van der Waals surface area (Å²) in [7, 11) is 4.25. The number of hydrogen-bond acceptors (Lipinski definition) is 2. The van der Waals surface area contributed by atoms with E-state index in [1.54, 1.807) is 0 Å². The van der Waals surface area contributed by atoms with Gasteiger partial charge in [0, 0.05) is 5.56 Å². The van der Waals surface area contributed by atoms with Crippen LogP contribution in [0.15, 0.2) is 83.6 Å². The van der Waals surface area contributed by atoms with Crippen LogP contribution >= 0.6 is 0 Å². The molecule has 0 saturated heterocycles. The summed E-state index contributed by atoms with van der Waals surface area (Å²) in [6.45, 7) is 7.12. The Bertz CT molecular complexity index is 927. The Morgan fingerprint density at radius 3 is 2.07 bits per heavy atom. The Morgan fingerprint density at radius 1 is 0.929 bits per heavy atom. The van der Waals surface area contributed by atoms with Gasteiger partial charge in [-0.25, -0.2) is 0 Å². The molecule has 1 aliphatic carbocycles. The van der Waals surface area contributed by atoms with Gasteiger partial charge in [0.2, 0.25) is 0 Å². The quantitative estimate of drug-likeness (QED) is 0.654. The van der Waals surface area contributed by atoms with Crippen LogP contribution in [0.2, 0.25) is 0 Å². The van der Waals surface area contributed by atoms with Gasteiger partial charge in [-0.3, -0.25) is 4.90 Å². The Hall–Kier alpha value is -2.76. The highest BCUT2D eigenvalue weighted by Gasteiger charge is 2.48. The van der Waals surface area contributed by atoms with Gasteiger partial charge in [-0.15, -0.1) is 0 Å². The second kappa shape index (κ2) is 8.50. The number of allylic oxidation sites excluding steroid dienone is 1. The highest BCUT2D eigenvalue weighted by atomic mass is 16.5. The zero-order valence-electron chi connectivity index (χ0n) is 17.5. The smallest absolute Gasteiger partial charge is 0.133 e. The lowest BCUT2D eigenvalue weighted by Crippen LogP contribution is -2.44. The van der Waals surface area contributed by atoms with Gasteiger partial charge in [0.05, 0.1) is 12.2 Å². The molecule has 2 heteroatoms. The summed E-state index contributed by atoms with van der Waals surface area (Å²) in [4.78, 5) is 2.27. The number of nitrogens with zero attached hydrogens (tertiary/aromatic N) is 1. The molecule has 2 aromatic carbocycles. The molecular weight excluding hydrogens is 342 g/mol. The predicted octanol–water partition coefficient (Wildman–Crippen LogP) is 5.38. The van der Waals surface area contributed by atoms with Crippen molar-refractivity contribution in [1.29, 1.82) is 0 Å². The van der Waals surface area contributed by atoms with Crippen LogP contribution in [0.1, 0.15) is 31.9 Å². The molecule has 0 spiro atoms. The van der Waals surface area contributed by atoms with Crippen LogP contribution in [-0.2, 0) is 10.3 Å². The predicted molar refractivity (Wildman–Crippen MR) is 117 cm³/mol. The van der Waals surface area contributed by atoms with Crippen molar-refractivity contribution in [3.63, 3.8) is 0 Å². The third-order valence-corrected chi connectivity index (χ3v) is 5.20. The van der Waals surface area contributed by atoms with Crippen LogP contribution in [0.25, 0.3) is 0 Å². The van der Waals surface area contributed by atoms with E-state index < -0.39 is 5.54 Å². The average Bonchev–Trinajstić information content (AvgIpc) is 3.03. The topological polar surface area (TPSA) is 12.5 Å². The fourth-order valence-electron chi connectivity index (χ4n) is 4.03. The zero-order valence-corrected chi connectivity index (χ0v) is 17.5. The van der Waals surface area contributed by atoms with E-state index in [0.717, 1.165) is 16.9 Å². The van der Waals surface area contributed by atoms with Crippen LogP contribution in [0.5, 0.6) is 0 Å². The molecule has 0 radical (unpaired) electrons. The third-order valence-electron chi connectivity index (χ3n) is 5.20. The first-order chi connectivity index (χ1) is 13.5. The van der Waals surface area contributed by atoms with E-state index in [0.29, 0.717) is 12.5 Å². The van der Waals surface area contributed by atoms with Gasteiger partial charge in [-0.05, 0) is 56.3 Å². The summed E-state index contributed by atoms with van der Waals surface area (Å²) in [6.07, 6.45) is 2.20. The summed E-state index contributed by atoms with van der Waals surface area (Å²) in [6, 6.07) is 20.8. The molecule has 1 aliphatic rings. The number of hydrogen-bond donors (Lipinski definition) is 0. The van der Waals surface area contributed by atoms with E-state index >= 15 is 0 Å². The molecule has 0 bridgehead atoms. The molecule has 1 unspecified atom stereocenters. The Kier molecular flexibility index (Phi) is 6.07. The normalized spacial score (nSPS) is 18.9. The highest BCUT2D eigenvalue weighted by Crippen LogP contribution is 2.50. The lowest BCUT2D eigenvalue weighted by atomic mass is 9.74. The van der Waals surface area contributed by atoms with Gasteiger partial charge < -0.3 is 4.74 Å². The van der Waals surface area contributed by atoms with Crippen molar-refractivity contribution in [1.82, 2.24) is 4.90 Å². The maximum absolute atomic E-state index is 6.09. The molecule has 2 aromatic rings. The zero-order chi connectivity index (χ0) is 20.1. The first kappa shape index (κ1) is 20.0. The standard InChI is InChI=1S/C26H29NO/c1-6-28-25-19-24(20(2)3)26(27(4)5,22-15-11-8-12-16-22)23(25)18-17-21-13-9-7-10-14-21/h7-16,19-20H,6H2,1-5H3. The molecule has 2 nitrogen and oxygen atoms in total. The van der Waals surface area contributed by atoms with E-state index in [2.05, 4.69) is 81.1 Å². The Morgan fingerprint density at radius 2 is 1.54 bits per heavy atom. The molecule has 1 atom stereocenters. The van der Waals surface area contributed by atoms with E-state index in [9.17, 15) is 0 Å². The molecule has 0 N–H and O–H groups in total. The van der Waals surface area contributed by atoms with Crippen molar-refractivity contribution < 1.29 is 4.74 Å². The van der Waals surface area contributed by atoms with E-state index in [1.807, 2.05) is 37.3 Å². The van der Waals surface area contributed by atoms with Gasteiger partial charge >= 0.3 is 0 Å². The van der Waals surface area contributed by atoms with Crippen LogP contribution in [0, 0.1) is 17.8 Å². The van der Waals surface area contributed by atoms with Crippen LogP contribution in [-0.4, -0.2) is 25.6 Å². The minimum absolute atomic E-state index is 0.356. The summed E-state index contributed by atoms with van der Waals surface area (Å²) < 4.78 is 6.09. The summed E-state index contributed by atoms with van der Waals surface area (Å²) in [5, 5.41) is 0. The summed E-state index contributed by atoms with van der Waals surface area (Å²) >= 11 is 0. The molecule has 0 saturated carbocycles.